The molecular weight excluding hydrogens is 246 g/mol. The van der Waals surface area contributed by atoms with Gasteiger partial charge in [-0.05, 0) is 31.5 Å². The Labute approximate surface area is 113 Å². The number of nitrogens with zero attached hydrogens (tertiary/aromatic N) is 2. The van der Waals surface area contributed by atoms with E-state index >= 15 is 0 Å². The Bertz CT molecular complexity index is 467. The normalized spacial score (nSPS) is 23.8. The van der Waals surface area contributed by atoms with E-state index in [1.165, 1.54) is 0 Å². The lowest BCUT2D eigenvalue weighted by atomic mass is 10.0. The minimum absolute atomic E-state index is 0.220. The van der Waals surface area contributed by atoms with Crippen molar-refractivity contribution < 1.29 is 0 Å². The summed E-state index contributed by atoms with van der Waals surface area (Å²) in [7, 11) is 0. The van der Waals surface area contributed by atoms with Crippen molar-refractivity contribution in [2.45, 2.75) is 32.4 Å². The molecular formula is C14H18ClN3. The summed E-state index contributed by atoms with van der Waals surface area (Å²) in [5.41, 5.74) is 2.19. The topological polar surface area (TPSA) is 39.1 Å². The standard InChI is InChI=1S/C14H18ClN3/c1-10-3-4-12(7-14(10)15)18-11(2)8-17-9-13(18)5-6-16/h3-4,7,11,13,17H,5,8-9H2,1-2H3. The Morgan fingerprint density at radius 1 is 1.50 bits per heavy atom. The van der Waals surface area contributed by atoms with Crippen molar-refractivity contribution in [3.05, 3.63) is 28.8 Å². The second-order valence-electron chi connectivity index (χ2n) is 4.86. The number of piperazine rings is 1. The molecule has 1 aromatic carbocycles. The minimum atomic E-state index is 0.220. The number of aryl methyl sites for hydroxylation is 1. The van der Waals surface area contributed by atoms with E-state index in [4.69, 9.17) is 16.9 Å². The van der Waals surface area contributed by atoms with Crippen molar-refractivity contribution in [1.29, 1.82) is 5.26 Å². The first kappa shape index (κ1) is 13.2. The molecule has 0 aromatic heterocycles. The maximum Gasteiger partial charge on any atom is 0.0643 e. The van der Waals surface area contributed by atoms with Crippen molar-refractivity contribution in [3.63, 3.8) is 0 Å². The molecule has 96 valence electrons. The molecule has 0 amide bonds. The molecule has 1 saturated heterocycles. The summed E-state index contributed by atoms with van der Waals surface area (Å²) in [5, 5.41) is 13.1. The van der Waals surface area contributed by atoms with E-state index in [1.54, 1.807) is 0 Å². The predicted molar refractivity (Wildman–Crippen MR) is 75.0 cm³/mol. The number of halogens is 1. The van der Waals surface area contributed by atoms with Gasteiger partial charge in [0.05, 0.1) is 18.5 Å². The van der Waals surface area contributed by atoms with E-state index in [-0.39, 0.29) is 6.04 Å². The molecule has 1 fully saturated rings. The van der Waals surface area contributed by atoms with E-state index in [0.29, 0.717) is 12.5 Å². The van der Waals surface area contributed by atoms with Crippen molar-refractivity contribution in [1.82, 2.24) is 5.32 Å². The molecule has 4 heteroatoms. The highest BCUT2D eigenvalue weighted by Gasteiger charge is 2.27. The number of benzene rings is 1. The number of rotatable bonds is 2. The highest BCUT2D eigenvalue weighted by molar-refractivity contribution is 6.31. The summed E-state index contributed by atoms with van der Waals surface area (Å²) in [4.78, 5) is 2.31. The summed E-state index contributed by atoms with van der Waals surface area (Å²) in [5.74, 6) is 0. The zero-order valence-corrected chi connectivity index (χ0v) is 11.5. The molecule has 3 nitrogen and oxygen atoms in total. The molecule has 1 N–H and O–H groups in total. The molecule has 0 bridgehead atoms. The lowest BCUT2D eigenvalue weighted by molar-refractivity contribution is 0.417. The van der Waals surface area contributed by atoms with Gasteiger partial charge in [-0.15, -0.1) is 0 Å². The van der Waals surface area contributed by atoms with Gasteiger partial charge in [0.1, 0.15) is 0 Å². The minimum Gasteiger partial charge on any atom is -0.362 e. The molecule has 1 aliphatic rings. The smallest absolute Gasteiger partial charge is 0.0643 e. The van der Waals surface area contributed by atoms with Gasteiger partial charge >= 0.3 is 0 Å². The van der Waals surface area contributed by atoms with Crippen molar-refractivity contribution in [2.24, 2.45) is 0 Å². The SMILES string of the molecule is Cc1ccc(N2C(C)CNCC2CC#N)cc1Cl. The number of anilines is 1. The molecule has 1 heterocycles. The van der Waals surface area contributed by atoms with E-state index in [0.717, 1.165) is 29.4 Å². The third-order valence-corrected chi connectivity index (χ3v) is 3.88. The predicted octanol–water partition coefficient (Wildman–Crippen LogP) is 2.73. The molecule has 2 atom stereocenters. The highest BCUT2D eigenvalue weighted by atomic mass is 35.5. The van der Waals surface area contributed by atoms with E-state index < -0.39 is 0 Å². The van der Waals surface area contributed by atoms with Crippen LogP contribution in [0.15, 0.2) is 18.2 Å². The summed E-state index contributed by atoms with van der Waals surface area (Å²) in [6, 6.07) is 8.99. The largest absolute Gasteiger partial charge is 0.362 e. The van der Waals surface area contributed by atoms with Crippen LogP contribution >= 0.6 is 11.6 Å². The van der Waals surface area contributed by atoms with Gasteiger partial charge in [-0.1, -0.05) is 17.7 Å². The van der Waals surface area contributed by atoms with Gasteiger partial charge < -0.3 is 10.2 Å². The fraction of sp³-hybridized carbons (Fsp3) is 0.500. The molecule has 2 unspecified atom stereocenters. The second-order valence-corrected chi connectivity index (χ2v) is 5.27. The summed E-state index contributed by atoms with van der Waals surface area (Å²) in [6.07, 6.45) is 0.531. The molecule has 18 heavy (non-hydrogen) atoms. The van der Waals surface area contributed by atoms with Gasteiger partial charge in [-0.25, -0.2) is 0 Å². The zero-order valence-electron chi connectivity index (χ0n) is 10.8. The molecule has 0 aliphatic carbocycles. The van der Waals surface area contributed by atoms with Crippen LogP contribution in [0.3, 0.4) is 0 Å². The number of nitrogens with one attached hydrogen (secondary N) is 1. The van der Waals surface area contributed by atoms with Crippen LogP contribution in [-0.4, -0.2) is 25.2 Å². The lowest BCUT2D eigenvalue weighted by Gasteiger charge is -2.42. The van der Waals surface area contributed by atoms with Crippen LogP contribution in [0.4, 0.5) is 5.69 Å². The van der Waals surface area contributed by atoms with Crippen LogP contribution in [0.1, 0.15) is 18.9 Å². The maximum absolute atomic E-state index is 8.94. The summed E-state index contributed by atoms with van der Waals surface area (Å²) < 4.78 is 0. The van der Waals surface area contributed by atoms with Gasteiger partial charge in [-0.2, -0.15) is 5.26 Å². The van der Waals surface area contributed by atoms with E-state index in [1.807, 2.05) is 19.1 Å². The van der Waals surface area contributed by atoms with Gasteiger partial charge in [0, 0.05) is 29.8 Å². The van der Waals surface area contributed by atoms with Crippen LogP contribution in [0.25, 0.3) is 0 Å². The van der Waals surface area contributed by atoms with Crippen LogP contribution in [0, 0.1) is 18.3 Å². The average Bonchev–Trinajstić information content (AvgIpc) is 2.34. The summed E-state index contributed by atoms with van der Waals surface area (Å²) in [6.45, 7) is 5.96. The maximum atomic E-state index is 8.94. The van der Waals surface area contributed by atoms with Crippen LogP contribution in [-0.2, 0) is 0 Å². The zero-order chi connectivity index (χ0) is 13.1. The number of hydrogen-bond donors (Lipinski definition) is 1. The molecule has 2 rings (SSSR count). The van der Waals surface area contributed by atoms with E-state index in [9.17, 15) is 0 Å². The molecule has 1 aromatic rings. The quantitative estimate of drug-likeness (QED) is 0.892. The molecule has 0 saturated carbocycles. The Morgan fingerprint density at radius 2 is 2.28 bits per heavy atom. The second kappa shape index (κ2) is 5.60. The molecule has 0 radical (unpaired) electrons. The van der Waals surface area contributed by atoms with Crippen molar-refractivity contribution in [2.75, 3.05) is 18.0 Å². The van der Waals surface area contributed by atoms with Crippen molar-refractivity contribution in [3.8, 4) is 6.07 Å². The fourth-order valence-corrected chi connectivity index (χ4v) is 2.67. The average molecular weight is 264 g/mol. The molecule has 1 aliphatic heterocycles. The number of hydrogen-bond acceptors (Lipinski definition) is 3. The first-order valence-corrected chi connectivity index (χ1v) is 6.63. The van der Waals surface area contributed by atoms with Gasteiger partial charge in [0.15, 0.2) is 0 Å². The summed E-state index contributed by atoms with van der Waals surface area (Å²) >= 11 is 6.20. The van der Waals surface area contributed by atoms with Crippen LogP contribution < -0.4 is 10.2 Å². The lowest BCUT2D eigenvalue weighted by Crippen LogP contribution is -2.56. The Hall–Kier alpha value is -1.24. The van der Waals surface area contributed by atoms with Crippen LogP contribution in [0.2, 0.25) is 5.02 Å². The van der Waals surface area contributed by atoms with Gasteiger partial charge in [0.2, 0.25) is 0 Å². The molecule has 0 spiro atoms. The first-order chi connectivity index (χ1) is 8.63. The monoisotopic (exact) mass is 263 g/mol. The van der Waals surface area contributed by atoms with E-state index in [2.05, 4.69) is 29.3 Å². The third-order valence-electron chi connectivity index (χ3n) is 3.47. The Kier molecular flexibility index (Phi) is 4.11. The third kappa shape index (κ3) is 2.60. The fourth-order valence-electron chi connectivity index (χ4n) is 2.50. The Morgan fingerprint density at radius 3 is 2.94 bits per heavy atom. The highest BCUT2D eigenvalue weighted by Crippen LogP contribution is 2.28. The number of nitriles is 1. The van der Waals surface area contributed by atoms with Crippen molar-refractivity contribution >= 4 is 17.3 Å². The first-order valence-electron chi connectivity index (χ1n) is 6.25. The Balaban J connectivity index is 2.31. The van der Waals surface area contributed by atoms with Crippen LogP contribution in [0.5, 0.6) is 0 Å². The van der Waals surface area contributed by atoms with Gasteiger partial charge in [-0.3, -0.25) is 0 Å². The van der Waals surface area contributed by atoms with Gasteiger partial charge in [0.25, 0.3) is 0 Å².